The molecule has 6 heteroatoms. The molecule has 0 radical (unpaired) electrons. The smallest absolute Gasteiger partial charge is 0.231 e. The Morgan fingerprint density at radius 2 is 1.79 bits per heavy atom. The van der Waals surface area contributed by atoms with Gasteiger partial charge in [0.1, 0.15) is 5.21 Å². The van der Waals surface area contributed by atoms with Crippen LogP contribution in [0.5, 0.6) is 0 Å². The van der Waals surface area contributed by atoms with Gasteiger partial charge >= 0.3 is 0 Å². The van der Waals surface area contributed by atoms with E-state index < -0.39 is 11.0 Å². The average Bonchev–Trinajstić information content (AvgIpc) is 2.53. The topological polar surface area (TPSA) is 75.4 Å². The SMILES string of the molecule is CC(C)(C)C(=O)C(C)(C)[n+]1nnn[nH]1. The summed E-state index contributed by atoms with van der Waals surface area (Å²) in [6.07, 6.45) is 0. The maximum atomic E-state index is 12.0. The summed E-state index contributed by atoms with van der Waals surface area (Å²) < 4.78 is 0. The summed E-state index contributed by atoms with van der Waals surface area (Å²) in [5.41, 5.74) is -1.16. The molecule has 0 aromatic carbocycles. The number of rotatable bonds is 2. The number of aromatic amines is 1. The largest absolute Gasteiger partial charge is 0.295 e. The van der Waals surface area contributed by atoms with Crippen LogP contribution < -0.4 is 4.80 Å². The zero-order valence-corrected chi connectivity index (χ0v) is 9.20. The molecule has 0 atom stereocenters. The van der Waals surface area contributed by atoms with Gasteiger partial charge in [-0.25, -0.2) is 0 Å². The molecular formula is C8H16N5O+. The lowest BCUT2D eigenvalue weighted by Crippen LogP contribution is -2.63. The van der Waals surface area contributed by atoms with Crippen molar-refractivity contribution in [1.82, 2.24) is 20.9 Å². The van der Waals surface area contributed by atoms with Crippen LogP contribution in [-0.4, -0.2) is 26.6 Å². The van der Waals surface area contributed by atoms with Gasteiger partial charge in [0.25, 0.3) is 0 Å². The highest BCUT2D eigenvalue weighted by Crippen LogP contribution is 2.23. The summed E-state index contributed by atoms with van der Waals surface area (Å²) in [4.78, 5) is 13.4. The molecule has 0 saturated heterocycles. The Balaban J connectivity index is 3.03. The summed E-state index contributed by atoms with van der Waals surface area (Å²) in [5, 5.41) is 13.1. The van der Waals surface area contributed by atoms with E-state index in [-0.39, 0.29) is 5.78 Å². The maximum Gasteiger partial charge on any atom is 0.231 e. The van der Waals surface area contributed by atoms with Crippen LogP contribution in [0.15, 0.2) is 0 Å². The van der Waals surface area contributed by atoms with E-state index in [9.17, 15) is 4.79 Å². The highest BCUT2D eigenvalue weighted by molar-refractivity contribution is 5.88. The van der Waals surface area contributed by atoms with Crippen molar-refractivity contribution in [2.75, 3.05) is 0 Å². The quantitative estimate of drug-likeness (QED) is 0.670. The van der Waals surface area contributed by atoms with E-state index in [0.29, 0.717) is 0 Å². The number of hydrogen-bond donors (Lipinski definition) is 1. The van der Waals surface area contributed by atoms with Crippen molar-refractivity contribution >= 4 is 5.78 Å². The molecule has 0 fully saturated rings. The molecule has 6 nitrogen and oxygen atoms in total. The van der Waals surface area contributed by atoms with Gasteiger partial charge in [-0.05, 0) is 13.8 Å². The lowest BCUT2D eigenvalue weighted by atomic mass is 9.80. The van der Waals surface area contributed by atoms with E-state index in [1.165, 1.54) is 4.80 Å². The first-order valence-corrected chi connectivity index (χ1v) is 4.47. The van der Waals surface area contributed by atoms with E-state index in [2.05, 4.69) is 20.9 Å². The van der Waals surface area contributed by atoms with Gasteiger partial charge in [-0.15, -0.1) is 0 Å². The fourth-order valence-corrected chi connectivity index (χ4v) is 1.39. The number of ketones is 1. The molecule has 0 aliphatic rings. The van der Waals surface area contributed by atoms with Crippen molar-refractivity contribution in [2.24, 2.45) is 5.41 Å². The zero-order valence-electron chi connectivity index (χ0n) is 9.20. The van der Waals surface area contributed by atoms with Crippen molar-refractivity contribution in [1.29, 1.82) is 0 Å². The molecule has 1 N–H and O–H groups in total. The molecule has 0 unspecified atom stereocenters. The Morgan fingerprint density at radius 3 is 2.14 bits per heavy atom. The number of nitrogens with zero attached hydrogens (tertiary/aromatic N) is 4. The number of carbonyl (C=O) groups is 1. The van der Waals surface area contributed by atoms with Gasteiger partial charge in [0, 0.05) is 5.41 Å². The lowest BCUT2D eigenvalue weighted by molar-refractivity contribution is -0.845. The molecular weight excluding hydrogens is 182 g/mol. The molecule has 0 spiro atoms. The molecule has 1 heterocycles. The second kappa shape index (κ2) is 3.11. The van der Waals surface area contributed by atoms with Crippen LogP contribution in [0.4, 0.5) is 0 Å². The minimum atomic E-state index is -0.748. The molecule has 0 aliphatic heterocycles. The average molecular weight is 198 g/mol. The molecule has 1 rings (SSSR count). The van der Waals surface area contributed by atoms with Crippen molar-refractivity contribution in [3.8, 4) is 0 Å². The van der Waals surface area contributed by atoms with Crippen LogP contribution in [0.3, 0.4) is 0 Å². The number of carbonyl (C=O) groups excluding carboxylic acids is 1. The van der Waals surface area contributed by atoms with E-state index >= 15 is 0 Å². The van der Waals surface area contributed by atoms with E-state index in [1.54, 1.807) is 13.8 Å². The number of nitrogens with one attached hydrogen (secondary N) is 1. The molecule has 0 aliphatic carbocycles. The molecule has 0 saturated carbocycles. The van der Waals surface area contributed by atoms with E-state index in [1.807, 2.05) is 20.8 Å². The van der Waals surface area contributed by atoms with Crippen LogP contribution in [0.1, 0.15) is 34.6 Å². The third-order valence-corrected chi connectivity index (χ3v) is 2.08. The maximum absolute atomic E-state index is 12.0. The van der Waals surface area contributed by atoms with Crippen LogP contribution >= 0.6 is 0 Å². The first-order valence-electron chi connectivity index (χ1n) is 4.47. The minimum absolute atomic E-state index is 0.0774. The number of hydrogen-bond acceptors (Lipinski definition) is 4. The van der Waals surface area contributed by atoms with Crippen LogP contribution in [0.25, 0.3) is 0 Å². The Kier molecular flexibility index (Phi) is 2.39. The molecule has 78 valence electrons. The molecule has 1 aromatic rings. The normalized spacial score (nSPS) is 12.9. The minimum Gasteiger partial charge on any atom is -0.295 e. The standard InChI is InChI=1S/C8H15N5O/c1-7(2,3)6(14)8(4,5)13-11-9-10-12-13/h1-5H3/p+1. The highest BCUT2D eigenvalue weighted by Gasteiger charge is 2.42. The first-order chi connectivity index (χ1) is 6.26. The van der Waals surface area contributed by atoms with E-state index in [4.69, 9.17) is 0 Å². The van der Waals surface area contributed by atoms with Gasteiger partial charge < -0.3 is 0 Å². The lowest BCUT2D eigenvalue weighted by Gasteiger charge is -2.26. The molecule has 1 aromatic heterocycles. The fraction of sp³-hybridized carbons (Fsp3) is 0.875. The van der Waals surface area contributed by atoms with Crippen molar-refractivity contribution in [2.45, 2.75) is 40.2 Å². The van der Waals surface area contributed by atoms with Crippen molar-refractivity contribution in [3.05, 3.63) is 0 Å². The zero-order chi connectivity index (χ0) is 11.0. The highest BCUT2D eigenvalue weighted by atomic mass is 16.1. The van der Waals surface area contributed by atoms with Gasteiger partial charge in [-0.2, -0.15) is 0 Å². The van der Waals surface area contributed by atoms with Gasteiger partial charge in [0.2, 0.25) is 10.4 Å². The fourth-order valence-electron chi connectivity index (χ4n) is 1.39. The Labute approximate surface area is 82.7 Å². The molecule has 14 heavy (non-hydrogen) atoms. The Hall–Kier alpha value is -1.33. The molecule has 0 bridgehead atoms. The van der Waals surface area contributed by atoms with Gasteiger partial charge in [0.05, 0.1) is 0 Å². The Bertz CT molecular complexity index is 322. The van der Waals surface area contributed by atoms with Crippen LogP contribution in [-0.2, 0) is 10.3 Å². The molecule has 0 amide bonds. The Morgan fingerprint density at radius 1 is 1.21 bits per heavy atom. The van der Waals surface area contributed by atoms with Crippen LogP contribution in [0, 0.1) is 5.41 Å². The summed E-state index contributed by atoms with van der Waals surface area (Å²) >= 11 is 0. The van der Waals surface area contributed by atoms with Gasteiger partial charge in [0.15, 0.2) is 11.3 Å². The van der Waals surface area contributed by atoms with Gasteiger partial charge in [-0.1, -0.05) is 30.8 Å². The number of H-pyrrole nitrogens is 1. The summed E-state index contributed by atoms with van der Waals surface area (Å²) in [6.45, 7) is 9.20. The third-order valence-electron chi connectivity index (χ3n) is 2.08. The summed E-state index contributed by atoms with van der Waals surface area (Å²) in [5.74, 6) is 0.0774. The monoisotopic (exact) mass is 198 g/mol. The summed E-state index contributed by atoms with van der Waals surface area (Å²) in [6, 6.07) is 0. The first kappa shape index (κ1) is 10.7. The van der Waals surface area contributed by atoms with Crippen LogP contribution in [0.2, 0.25) is 0 Å². The third kappa shape index (κ3) is 1.78. The van der Waals surface area contributed by atoms with E-state index in [0.717, 1.165) is 0 Å². The van der Waals surface area contributed by atoms with Crippen molar-refractivity contribution in [3.63, 3.8) is 0 Å². The number of Topliss-reactive ketones (excluding diaryl/α,β-unsaturated/α-hetero) is 1. The second-order valence-corrected chi connectivity index (χ2v) is 4.83. The number of aromatic nitrogens is 5. The summed E-state index contributed by atoms with van der Waals surface area (Å²) in [7, 11) is 0. The van der Waals surface area contributed by atoms with Crippen molar-refractivity contribution < 1.29 is 9.59 Å². The second-order valence-electron chi connectivity index (χ2n) is 4.83. The van der Waals surface area contributed by atoms with Gasteiger partial charge in [-0.3, -0.25) is 4.79 Å². The predicted molar refractivity (Wildman–Crippen MR) is 48.2 cm³/mol. The predicted octanol–water partition coefficient (Wildman–Crippen LogP) is -0.163.